The Morgan fingerprint density at radius 3 is 3.05 bits per heavy atom. The van der Waals surface area contributed by atoms with E-state index in [0.717, 1.165) is 11.1 Å². The molecule has 8 nitrogen and oxygen atoms in total. The van der Waals surface area contributed by atoms with Gasteiger partial charge in [-0.3, -0.25) is 14.6 Å². The fraction of sp³-hybridized carbons (Fsp3) is 0.286. The first-order valence-corrected chi connectivity index (χ1v) is 6.77. The summed E-state index contributed by atoms with van der Waals surface area (Å²) >= 11 is 0. The first-order valence-electron chi connectivity index (χ1n) is 6.77. The van der Waals surface area contributed by atoms with Gasteiger partial charge in [0.15, 0.2) is 5.65 Å². The molecular weight excluding hydrogens is 284 g/mol. The summed E-state index contributed by atoms with van der Waals surface area (Å²) in [6.07, 6.45) is 3.34. The molecule has 2 N–H and O–H groups in total. The second-order valence-corrected chi connectivity index (χ2v) is 4.87. The molecule has 0 aliphatic rings. The molecule has 3 heterocycles. The van der Waals surface area contributed by atoms with Crippen LogP contribution in [0.15, 0.2) is 30.6 Å². The van der Waals surface area contributed by atoms with E-state index in [1.54, 1.807) is 36.3 Å². The van der Waals surface area contributed by atoms with Crippen molar-refractivity contribution < 1.29 is 9.53 Å². The number of rotatable bonds is 5. The number of fused-ring (bicyclic) bond motifs is 1. The van der Waals surface area contributed by atoms with Crippen molar-refractivity contribution in [1.29, 1.82) is 0 Å². The van der Waals surface area contributed by atoms with Crippen LogP contribution in [-0.4, -0.2) is 44.6 Å². The molecule has 3 rings (SSSR count). The third-order valence-electron chi connectivity index (χ3n) is 3.39. The number of carbonyl (C=O) groups excluding carboxylic acids is 1. The number of hydrogen-bond acceptors (Lipinski definition) is 5. The van der Waals surface area contributed by atoms with Crippen LogP contribution in [0.25, 0.3) is 11.0 Å². The zero-order valence-corrected chi connectivity index (χ0v) is 12.3. The van der Waals surface area contributed by atoms with Gasteiger partial charge in [0, 0.05) is 25.7 Å². The topological polar surface area (TPSA) is 97.7 Å². The van der Waals surface area contributed by atoms with Crippen molar-refractivity contribution in [2.75, 3.05) is 13.7 Å². The molecule has 1 amide bonds. The number of nitrogens with one attached hydrogen (secondary N) is 2. The summed E-state index contributed by atoms with van der Waals surface area (Å²) in [5.41, 5.74) is 1.76. The van der Waals surface area contributed by atoms with E-state index in [1.165, 1.54) is 0 Å². The van der Waals surface area contributed by atoms with E-state index in [1.807, 2.05) is 13.1 Å². The highest BCUT2D eigenvalue weighted by Crippen LogP contribution is 2.14. The number of hydrogen-bond donors (Lipinski definition) is 2. The molecule has 1 unspecified atom stereocenters. The lowest BCUT2D eigenvalue weighted by molar-refractivity contribution is 0.0887. The standard InChI is InChI=1S/C14H16N6O2/c1-20-12(5-6-16-20)11(8-22-2)18-14(21)10-4-3-9-7-15-19-13(9)17-10/h3-7,11H,8H2,1-2H3,(H,18,21)(H,15,17,19). The lowest BCUT2D eigenvalue weighted by Gasteiger charge is -2.18. The maximum absolute atomic E-state index is 12.4. The normalized spacial score (nSPS) is 12.5. The average Bonchev–Trinajstić information content (AvgIpc) is 3.14. The Morgan fingerprint density at radius 2 is 2.32 bits per heavy atom. The quantitative estimate of drug-likeness (QED) is 0.726. The smallest absolute Gasteiger partial charge is 0.270 e. The molecule has 22 heavy (non-hydrogen) atoms. The van der Waals surface area contributed by atoms with Crippen LogP contribution in [0.3, 0.4) is 0 Å². The molecule has 3 aromatic rings. The number of aryl methyl sites for hydroxylation is 1. The van der Waals surface area contributed by atoms with Crippen LogP contribution in [0.1, 0.15) is 22.2 Å². The summed E-state index contributed by atoms with van der Waals surface area (Å²) in [5, 5.41) is 14.5. The first-order chi connectivity index (χ1) is 10.7. The number of carbonyl (C=O) groups is 1. The van der Waals surface area contributed by atoms with Gasteiger partial charge in [0.2, 0.25) is 0 Å². The van der Waals surface area contributed by atoms with E-state index < -0.39 is 0 Å². The molecule has 0 radical (unpaired) electrons. The lowest BCUT2D eigenvalue weighted by Crippen LogP contribution is -2.33. The monoisotopic (exact) mass is 300 g/mol. The summed E-state index contributed by atoms with van der Waals surface area (Å²) in [5.74, 6) is -0.278. The third kappa shape index (κ3) is 2.68. The molecule has 114 valence electrons. The minimum atomic E-state index is -0.302. The van der Waals surface area contributed by atoms with Crippen molar-refractivity contribution in [1.82, 2.24) is 30.3 Å². The van der Waals surface area contributed by atoms with Gasteiger partial charge in [0.1, 0.15) is 5.69 Å². The Labute approximate surface area is 126 Å². The van der Waals surface area contributed by atoms with E-state index in [2.05, 4.69) is 25.6 Å². The molecule has 0 aliphatic carbocycles. The number of aromatic amines is 1. The molecule has 8 heteroatoms. The Bertz CT molecular complexity index is 793. The second kappa shape index (κ2) is 5.94. The molecule has 1 atom stereocenters. The van der Waals surface area contributed by atoms with Crippen molar-refractivity contribution in [2.24, 2.45) is 7.05 Å². The third-order valence-corrected chi connectivity index (χ3v) is 3.39. The van der Waals surface area contributed by atoms with E-state index in [9.17, 15) is 4.79 Å². The van der Waals surface area contributed by atoms with Crippen LogP contribution >= 0.6 is 0 Å². The summed E-state index contributed by atoms with van der Waals surface area (Å²) in [7, 11) is 3.41. The van der Waals surface area contributed by atoms with Gasteiger partial charge in [0.05, 0.1) is 24.5 Å². The zero-order valence-electron chi connectivity index (χ0n) is 12.3. The highest BCUT2D eigenvalue weighted by Gasteiger charge is 2.19. The van der Waals surface area contributed by atoms with Crippen molar-refractivity contribution in [3.8, 4) is 0 Å². The van der Waals surface area contributed by atoms with E-state index in [-0.39, 0.29) is 11.9 Å². The highest BCUT2D eigenvalue weighted by molar-refractivity contribution is 5.94. The summed E-state index contributed by atoms with van der Waals surface area (Å²) in [6.45, 7) is 0.345. The number of aromatic nitrogens is 5. The molecular formula is C14H16N6O2. The first kappa shape index (κ1) is 14.2. The van der Waals surface area contributed by atoms with Crippen molar-refractivity contribution >= 4 is 16.9 Å². The van der Waals surface area contributed by atoms with Gasteiger partial charge in [0.25, 0.3) is 5.91 Å². The molecule has 3 aromatic heterocycles. The number of ether oxygens (including phenoxy) is 1. The minimum absolute atomic E-state index is 0.278. The van der Waals surface area contributed by atoms with Crippen LogP contribution in [0.5, 0.6) is 0 Å². The lowest BCUT2D eigenvalue weighted by atomic mass is 10.2. The van der Waals surface area contributed by atoms with Crippen LogP contribution in [0, 0.1) is 0 Å². The molecule has 0 bridgehead atoms. The average molecular weight is 300 g/mol. The molecule has 0 fully saturated rings. The van der Waals surface area contributed by atoms with Gasteiger partial charge < -0.3 is 10.1 Å². The van der Waals surface area contributed by atoms with Crippen molar-refractivity contribution in [2.45, 2.75) is 6.04 Å². The Hall–Kier alpha value is -2.74. The summed E-state index contributed by atoms with van der Waals surface area (Å²) in [6, 6.07) is 5.01. The van der Waals surface area contributed by atoms with Crippen LogP contribution in [0.2, 0.25) is 0 Å². The minimum Gasteiger partial charge on any atom is -0.382 e. The Balaban J connectivity index is 1.82. The Kier molecular flexibility index (Phi) is 3.84. The number of pyridine rings is 1. The number of nitrogens with zero attached hydrogens (tertiary/aromatic N) is 4. The predicted molar refractivity (Wildman–Crippen MR) is 79.2 cm³/mol. The number of amides is 1. The number of H-pyrrole nitrogens is 1. The van der Waals surface area contributed by atoms with Crippen LogP contribution in [-0.2, 0) is 11.8 Å². The van der Waals surface area contributed by atoms with Crippen molar-refractivity contribution in [3.05, 3.63) is 42.0 Å². The molecule has 0 spiro atoms. The van der Waals surface area contributed by atoms with Gasteiger partial charge in [-0.1, -0.05) is 0 Å². The van der Waals surface area contributed by atoms with Gasteiger partial charge in [-0.15, -0.1) is 0 Å². The highest BCUT2D eigenvalue weighted by atomic mass is 16.5. The molecule has 0 saturated heterocycles. The molecule has 0 aromatic carbocycles. The molecule has 0 aliphatic heterocycles. The fourth-order valence-electron chi connectivity index (χ4n) is 2.28. The van der Waals surface area contributed by atoms with E-state index in [0.29, 0.717) is 17.9 Å². The zero-order chi connectivity index (χ0) is 15.5. The number of methoxy groups -OCH3 is 1. The predicted octanol–water partition coefficient (Wildman–Crippen LogP) is 0.809. The summed E-state index contributed by atoms with van der Waals surface area (Å²) in [4.78, 5) is 16.7. The largest absolute Gasteiger partial charge is 0.382 e. The van der Waals surface area contributed by atoms with Gasteiger partial charge in [-0.05, 0) is 18.2 Å². The van der Waals surface area contributed by atoms with E-state index >= 15 is 0 Å². The molecule has 0 saturated carbocycles. The Morgan fingerprint density at radius 1 is 1.45 bits per heavy atom. The second-order valence-electron chi connectivity index (χ2n) is 4.87. The maximum Gasteiger partial charge on any atom is 0.270 e. The maximum atomic E-state index is 12.4. The van der Waals surface area contributed by atoms with Gasteiger partial charge in [-0.25, -0.2) is 4.98 Å². The SMILES string of the molecule is COCC(NC(=O)c1ccc2cn[nH]c2n1)c1ccnn1C. The van der Waals surface area contributed by atoms with E-state index in [4.69, 9.17) is 4.74 Å². The van der Waals surface area contributed by atoms with Crippen molar-refractivity contribution in [3.63, 3.8) is 0 Å². The van der Waals surface area contributed by atoms with Gasteiger partial charge in [-0.2, -0.15) is 10.2 Å². The fourth-order valence-corrected chi connectivity index (χ4v) is 2.28. The van der Waals surface area contributed by atoms with Crippen LogP contribution < -0.4 is 5.32 Å². The van der Waals surface area contributed by atoms with Gasteiger partial charge >= 0.3 is 0 Å². The summed E-state index contributed by atoms with van der Waals surface area (Å²) < 4.78 is 6.89. The van der Waals surface area contributed by atoms with Crippen LogP contribution in [0.4, 0.5) is 0 Å².